The molecule has 20 heavy (non-hydrogen) atoms. The Morgan fingerprint density at radius 2 is 2.00 bits per heavy atom. The van der Waals surface area contributed by atoms with E-state index in [0.29, 0.717) is 17.8 Å². The summed E-state index contributed by atoms with van der Waals surface area (Å²) in [5.41, 5.74) is 2.81. The highest BCUT2D eigenvalue weighted by atomic mass is 19.1. The van der Waals surface area contributed by atoms with E-state index in [1.165, 1.54) is 11.6 Å². The first-order valence-electron chi connectivity index (χ1n) is 7.21. The van der Waals surface area contributed by atoms with Crippen molar-refractivity contribution in [2.75, 3.05) is 18.0 Å². The predicted molar refractivity (Wildman–Crippen MR) is 81.4 cm³/mol. The lowest BCUT2D eigenvalue weighted by Gasteiger charge is -2.34. The quantitative estimate of drug-likeness (QED) is 0.824. The standard InChI is InChI=1S/C17H24FNO/c1-12(20)14-6-5-7-15(18)16(14)19-10-8-13(9-11-19)17(2,3)4/h5-8,12,20H,9-11H2,1-4H3. The fourth-order valence-electron chi connectivity index (χ4n) is 2.76. The van der Waals surface area contributed by atoms with Gasteiger partial charge in [-0.2, -0.15) is 0 Å². The van der Waals surface area contributed by atoms with Gasteiger partial charge >= 0.3 is 0 Å². The Morgan fingerprint density at radius 3 is 2.50 bits per heavy atom. The van der Waals surface area contributed by atoms with Gasteiger partial charge in [0.15, 0.2) is 0 Å². The van der Waals surface area contributed by atoms with Gasteiger partial charge in [-0.05, 0) is 24.8 Å². The molecule has 0 aliphatic carbocycles. The lowest BCUT2D eigenvalue weighted by Crippen LogP contribution is -2.32. The van der Waals surface area contributed by atoms with E-state index < -0.39 is 6.10 Å². The van der Waals surface area contributed by atoms with Gasteiger partial charge in [0.25, 0.3) is 0 Å². The molecule has 1 aromatic rings. The zero-order valence-corrected chi connectivity index (χ0v) is 12.8. The summed E-state index contributed by atoms with van der Waals surface area (Å²) in [5.74, 6) is -0.254. The van der Waals surface area contributed by atoms with Crippen LogP contribution in [-0.4, -0.2) is 18.2 Å². The summed E-state index contributed by atoms with van der Waals surface area (Å²) >= 11 is 0. The number of rotatable bonds is 2. The van der Waals surface area contributed by atoms with Crippen molar-refractivity contribution >= 4 is 5.69 Å². The van der Waals surface area contributed by atoms with Gasteiger partial charge in [-0.25, -0.2) is 4.39 Å². The van der Waals surface area contributed by atoms with Gasteiger partial charge in [0.1, 0.15) is 5.82 Å². The van der Waals surface area contributed by atoms with E-state index >= 15 is 0 Å². The second-order valence-corrected chi connectivity index (χ2v) is 6.53. The molecule has 0 aromatic heterocycles. The maximum atomic E-state index is 14.2. The maximum Gasteiger partial charge on any atom is 0.146 e. The van der Waals surface area contributed by atoms with Crippen LogP contribution in [0, 0.1) is 11.2 Å². The Bertz CT molecular complexity index is 514. The summed E-state index contributed by atoms with van der Waals surface area (Å²) in [7, 11) is 0. The average molecular weight is 277 g/mol. The molecule has 0 amide bonds. The number of hydrogen-bond acceptors (Lipinski definition) is 2. The van der Waals surface area contributed by atoms with Crippen LogP contribution in [0.2, 0.25) is 0 Å². The fraction of sp³-hybridized carbons (Fsp3) is 0.529. The summed E-state index contributed by atoms with van der Waals surface area (Å²) in [4.78, 5) is 2.02. The third-order valence-corrected chi connectivity index (χ3v) is 3.96. The molecular weight excluding hydrogens is 253 g/mol. The highest BCUT2D eigenvalue weighted by Crippen LogP contribution is 2.35. The summed E-state index contributed by atoms with van der Waals surface area (Å²) < 4.78 is 14.2. The third-order valence-electron chi connectivity index (χ3n) is 3.96. The summed E-state index contributed by atoms with van der Waals surface area (Å²) in [6, 6.07) is 4.91. The second-order valence-electron chi connectivity index (χ2n) is 6.53. The van der Waals surface area contributed by atoms with E-state index in [1.54, 1.807) is 19.1 Å². The number of benzene rings is 1. The van der Waals surface area contributed by atoms with Crippen LogP contribution < -0.4 is 4.90 Å². The van der Waals surface area contributed by atoms with Crippen LogP contribution in [0.1, 0.15) is 45.8 Å². The van der Waals surface area contributed by atoms with Crippen LogP contribution in [0.25, 0.3) is 0 Å². The molecule has 1 aromatic carbocycles. The monoisotopic (exact) mass is 277 g/mol. The Kier molecular flexibility index (Phi) is 4.19. The van der Waals surface area contributed by atoms with Gasteiger partial charge in [-0.15, -0.1) is 0 Å². The third kappa shape index (κ3) is 3.04. The van der Waals surface area contributed by atoms with Crippen LogP contribution in [0.15, 0.2) is 29.8 Å². The molecule has 110 valence electrons. The lowest BCUT2D eigenvalue weighted by molar-refractivity contribution is 0.199. The molecule has 0 fully saturated rings. The van der Waals surface area contributed by atoms with E-state index in [1.807, 2.05) is 4.90 Å². The number of hydrogen-bond donors (Lipinski definition) is 1. The first-order chi connectivity index (χ1) is 9.30. The first kappa shape index (κ1) is 15.0. The molecule has 1 N–H and O–H groups in total. The van der Waals surface area contributed by atoms with Crippen molar-refractivity contribution in [3.63, 3.8) is 0 Å². The average Bonchev–Trinajstić information content (AvgIpc) is 2.37. The number of halogens is 1. The lowest BCUT2D eigenvalue weighted by atomic mass is 9.83. The molecule has 0 spiro atoms. The van der Waals surface area contributed by atoms with Crippen LogP contribution in [0.4, 0.5) is 10.1 Å². The zero-order valence-electron chi connectivity index (χ0n) is 12.8. The molecule has 3 heteroatoms. The highest BCUT2D eigenvalue weighted by molar-refractivity contribution is 5.57. The second kappa shape index (κ2) is 5.57. The normalized spacial score (nSPS) is 17.9. The largest absolute Gasteiger partial charge is 0.389 e. The van der Waals surface area contributed by atoms with Crippen molar-refractivity contribution in [1.29, 1.82) is 0 Å². The first-order valence-corrected chi connectivity index (χ1v) is 7.21. The number of para-hydroxylation sites is 1. The zero-order chi connectivity index (χ0) is 14.9. The Balaban J connectivity index is 2.30. The molecular formula is C17H24FNO. The number of anilines is 1. The maximum absolute atomic E-state index is 14.2. The highest BCUT2D eigenvalue weighted by Gasteiger charge is 2.24. The molecule has 2 rings (SSSR count). The Morgan fingerprint density at radius 1 is 1.30 bits per heavy atom. The topological polar surface area (TPSA) is 23.5 Å². The minimum absolute atomic E-state index is 0.175. The number of aliphatic hydroxyl groups is 1. The summed E-state index contributed by atoms with van der Waals surface area (Å²) in [6.07, 6.45) is 2.48. The van der Waals surface area contributed by atoms with Crippen molar-refractivity contribution in [1.82, 2.24) is 0 Å². The minimum Gasteiger partial charge on any atom is -0.389 e. The molecule has 0 bridgehead atoms. The van der Waals surface area contributed by atoms with Crippen LogP contribution >= 0.6 is 0 Å². The molecule has 1 aliphatic rings. The van der Waals surface area contributed by atoms with Crippen molar-refractivity contribution in [2.24, 2.45) is 5.41 Å². The van der Waals surface area contributed by atoms with Crippen molar-refractivity contribution < 1.29 is 9.50 Å². The molecule has 0 saturated carbocycles. The SMILES string of the molecule is CC(O)c1cccc(F)c1N1CC=C(C(C)(C)C)CC1. The van der Waals surface area contributed by atoms with E-state index in [9.17, 15) is 9.50 Å². The molecule has 0 saturated heterocycles. The van der Waals surface area contributed by atoms with Gasteiger partial charge in [0.2, 0.25) is 0 Å². The molecule has 2 nitrogen and oxygen atoms in total. The molecule has 1 aliphatic heterocycles. The van der Waals surface area contributed by atoms with Gasteiger partial charge in [-0.3, -0.25) is 0 Å². The van der Waals surface area contributed by atoms with E-state index in [-0.39, 0.29) is 11.2 Å². The Labute approximate surface area is 120 Å². The van der Waals surface area contributed by atoms with E-state index in [4.69, 9.17) is 0 Å². The van der Waals surface area contributed by atoms with Crippen molar-refractivity contribution in [2.45, 2.75) is 40.2 Å². The van der Waals surface area contributed by atoms with Crippen LogP contribution in [0.3, 0.4) is 0 Å². The van der Waals surface area contributed by atoms with Crippen LogP contribution in [0.5, 0.6) is 0 Å². The number of aliphatic hydroxyl groups excluding tert-OH is 1. The number of nitrogens with zero attached hydrogens (tertiary/aromatic N) is 1. The smallest absolute Gasteiger partial charge is 0.146 e. The fourth-order valence-corrected chi connectivity index (χ4v) is 2.76. The molecule has 1 unspecified atom stereocenters. The van der Waals surface area contributed by atoms with Gasteiger partial charge in [0, 0.05) is 18.7 Å². The van der Waals surface area contributed by atoms with Gasteiger partial charge in [0.05, 0.1) is 11.8 Å². The molecule has 1 atom stereocenters. The Hall–Kier alpha value is -1.35. The minimum atomic E-state index is -0.659. The van der Waals surface area contributed by atoms with E-state index in [2.05, 4.69) is 26.8 Å². The summed E-state index contributed by atoms with van der Waals surface area (Å²) in [6.45, 7) is 9.80. The molecule has 1 heterocycles. The van der Waals surface area contributed by atoms with Crippen LogP contribution in [-0.2, 0) is 0 Å². The summed E-state index contributed by atoms with van der Waals surface area (Å²) in [5, 5.41) is 9.83. The predicted octanol–water partition coefficient (Wildman–Crippen LogP) is 4.06. The van der Waals surface area contributed by atoms with E-state index in [0.717, 1.165) is 13.0 Å². The van der Waals surface area contributed by atoms with Gasteiger partial charge in [-0.1, -0.05) is 44.6 Å². The van der Waals surface area contributed by atoms with Gasteiger partial charge < -0.3 is 10.0 Å². The molecule has 0 radical (unpaired) electrons. The van der Waals surface area contributed by atoms with Crippen molar-refractivity contribution in [3.8, 4) is 0 Å². The van der Waals surface area contributed by atoms with Crippen molar-refractivity contribution in [3.05, 3.63) is 41.2 Å².